The molecule has 112 valence electrons. The van der Waals surface area contributed by atoms with Gasteiger partial charge in [0.15, 0.2) is 14.8 Å². The number of rotatable bonds is 4. The van der Waals surface area contributed by atoms with Gasteiger partial charge in [0.1, 0.15) is 0 Å². The van der Waals surface area contributed by atoms with Crippen LogP contribution in [-0.2, 0) is 9.84 Å². The van der Waals surface area contributed by atoms with Gasteiger partial charge in [0.25, 0.3) is 0 Å². The van der Waals surface area contributed by atoms with E-state index in [1.807, 2.05) is 7.05 Å². The van der Waals surface area contributed by atoms with Gasteiger partial charge in [0.05, 0.1) is 5.25 Å². The van der Waals surface area contributed by atoms with E-state index in [0.717, 1.165) is 25.8 Å². The predicted molar refractivity (Wildman–Crippen MR) is 78.5 cm³/mol. The number of nitrogens with one attached hydrogen (secondary N) is 1. The van der Waals surface area contributed by atoms with Crippen molar-refractivity contribution < 1.29 is 8.42 Å². The van der Waals surface area contributed by atoms with E-state index in [2.05, 4.69) is 24.1 Å². The van der Waals surface area contributed by atoms with Crippen LogP contribution < -0.4 is 5.32 Å². The zero-order chi connectivity index (χ0) is 14.4. The van der Waals surface area contributed by atoms with Crippen molar-refractivity contribution in [2.24, 2.45) is 11.8 Å². The molecule has 0 amide bonds. The standard InChI is InChI=1S/C14H28N2O2S/c1-6-11-8-12(7-2)14(19(17,18)10(3)4)15-9-13(11)16(14)5/h10-13,15H,6-9H2,1-5H3. The van der Waals surface area contributed by atoms with Crippen LogP contribution in [0.5, 0.6) is 0 Å². The molecule has 5 heteroatoms. The summed E-state index contributed by atoms with van der Waals surface area (Å²) in [6, 6.07) is 0.362. The SMILES string of the molecule is CCC1CC(CC)C2(S(=O)(=O)C(C)C)NCC1N2C. The number of fused-ring (bicyclic) bond motifs is 2. The molecule has 2 bridgehead atoms. The molecule has 2 aliphatic heterocycles. The lowest BCUT2D eigenvalue weighted by Crippen LogP contribution is -2.66. The van der Waals surface area contributed by atoms with Crippen LogP contribution in [-0.4, -0.2) is 43.2 Å². The summed E-state index contributed by atoms with van der Waals surface area (Å²) in [5.41, 5.74) is 0. The van der Waals surface area contributed by atoms with Gasteiger partial charge >= 0.3 is 0 Å². The highest BCUT2D eigenvalue weighted by atomic mass is 32.2. The third-order valence-electron chi connectivity index (χ3n) is 5.34. The fourth-order valence-corrected chi connectivity index (χ4v) is 6.40. The molecule has 0 aliphatic carbocycles. The van der Waals surface area contributed by atoms with Crippen molar-refractivity contribution in [2.75, 3.05) is 13.6 Å². The minimum atomic E-state index is -3.20. The van der Waals surface area contributed by atoms with Crippen LogP contribution >= 0.6 is 0 Å². The Kier molecular flexibility index (Phi) is 4.02. The Labute approximate surface area is 117 Å². The van der Waals surface area contributed by atoms with E-state index in [0.29, 0.717) is 12.0 Å². The van der Waals surface area contributed by atoms with E-state index < -0.39 is 14.8 Å². The maximum Gasteiger partial charge on any atom is 0.185 e. The average molecular weight is 288 g/mol. The fraction of sp³-hybridized carbons (Fsp3) is 1.00. The molecule has 4 nitrogen and oxygen atoms in total. The number of piperidine rings is 1. The third kappa shape index (κ3) is 1.88. The Balaban J connectivity index is 2.50. The van der Waals surface area contributed by atoms with Crippen molar-refractivity contribution in [2.45, 2.75) is 63.2 Å². The molecule has 0 radical (unpaired) electrons. The van der Waals surface area contributed by atoms with Crippen LogP contribution in [0, 0.1) is 11.8 Å². The molecule has 2 heterocycles. The molecule has 19 heavy (non-hydrogen) atoms. The Morgan fingerprint density at radius 1 is 1.32 bits per heavy atom. The highest BCUT2D eigenvalue weighted by Crippen LogP contribution is 2.47. The normalized spacial score (nSPS) is 40.0. The molecular weight excluding hydrogens is 260 g/mol. The molecule has 0 spiro atoms. The number of likely N-dealkylation sites (N-methyl/N-ethyl adjacent to an activating group) is 1. The van der Waals surface area contributed by atoms with E-state index in [1.54, 1.807) is 13.8 Å². The molecule has 4 atom stereocenters. The van der Waals surface area contributed by atoms with E-state index in [-0.39, 0.29) is 11.2 Å². The third-order valence-corrected chi connectivity index (χ3v) is 8.22. The van der Waals surface area contributed by atoms with Crippen LogP contribution in [0.25, 0.3) is 0 Å². The van der Waals surface area contributed by atoms with Gasteiger partial charge in [0.2, 0.25) is 0 Å². The van der Waals surface area contributed by atoms with E-state index in [9.17, 15) is 8.42 Å². The molecular formula is C14H28N2O2S. The van der Waals surface area contributed by atoms with Crippen LogP contribution in [0.15, 0.2) is 0 Å². The number of hydrogen-bond donors (Lipinski definition) is 1. The zero-order valence-corrected chi connectivity index (χ0v) is 13.6. The number of nitrogens with zero attached hydrogens (tertiary/aromatic N) is 1. The Morgan fingerprint density at radius 3 is 2.42 bits per heavy atom. The molecule has 0 aromatic carbocycles. The summed E-state index contributed by atoms with van der Waals surface area (Å²) in [5.74, 6) is 0.800. The minimum absolute atomic E-state index is 0.189. The highest BCUT2D eigenvalue weighted by molar-refractivity contribution is 7.93. The monoisotopic (exact) mass is 288 g/mol. The van der Waals surface area contributed by atoms with Crippen LogP contribution in [0.2, 0.25) is 0 Å². The lowest BCUT2D eigenvalue weighted by molar-refractivity contribution is 0.0339. The van der Waals surface area contributed by atoms with Crippen LogP contribution in [0.1, 0.15) is 47.0 Å². The molecule has 2 rings (SSSR count). The van der Waals surface area contributed by atoms with E-state index in [1.165, 1.54) is 0 Å². The first-order chi connectivity index (χ1) is 8.82. The summed E-state index contributed by atoms with van der Waals surface area (Å²) >= 11 is 0. The molecule has 1 N–H and O–H groups in total. The van der Waals surface area contributed by atoms with Crippen molar-refractivity contribution in [3.05, 3.63) is 0 Å². The lowest BCUT2D eigenvalue weighted by atomic mass is 9.81. The van der Waals surface area contributed by atoms with E-state index in [4.69, 9.17) is 0 Å². The van der Waals surface area contributed by atoms with Gasteiger partial charge in [-0.1, -0.05) is 20.3 Å². The molecule has 2 aliphatic rings. The lowest BCUT2D eigenvalue weighted by Gasteiger charge is -2.50. The molecule has 4 unspecified atom stereocenters. The van der Waals surface area contributed by atoms with Crippen molar-refractivity contribution in [1.29, 1.82) is 0 Å². The first kappa shape index (κ1) is 15.3. The summed E-state index contributed by atoms with van der Waals surface area (Å²) in [6.07, 6.45) is 3.07. The minimum Gasteiger partial charge on any atom is -0.285 e. The zero-order valence-electron chi connectivity index (χ0n) is 12.8. The first-order valence-electron chi connectivity index (χ1n) is 7.54. The van der Waals surface area contributed by atoms with Gasteiger partial charge in [0, 0.05) is 18.5 Å². The van der Waals surface area contributed by atoms with Gasteiger partial charge in [-0.15, -0.1) is 0 Å². The van der Waals surface area contributed by atoms with Crippen LogP contribution in [0.3, 0.4) is 0 Å². The number of sulfone groups is 1. The van der Waals surface area contributed by atoms with Crippen LogP contribution in [0.4, 0.5) is 0 Å². The largest absolute Gasteiger partial charge is 0.285 e. The summed E-state index contributed by atoms with van der Waals surface area (Å²) in [7, 11) is -1.20. The summed E-state index contributed by atoms with van der Waals surface area (Å²) < 4.78 is 25.9. The second kappa shape index (κ2) is 5.01. The van der Waals surface area contributed by atoms with Gasteiger partial charge < -0.3 is 0 Å². The highest BCUT2D eigenvalue weighted by Gasteiger charge is 2.62. The van der Waals surface area contributed by atoms with E-state index >= 15 is 0 Å². The molecule has 0 aromatic rings. The predicted octanol–water partition coefficient (Wildman–Crippen LogP) is 1.82. The summed E-state index contributed by atoms with van der Waals surface area (Å²) in [5, 5.41) is 3.07. The Morgan fingerprint density at radius 2 is 1.95 bits per heavy atom. The van der Waals surface area contributed by atoms with Crippen molar-refractivity contribution in [3.8, 4) is 0 Å². The molecule has 0 aromatic heterocycles. The average Bonchev–Trinajstić information content (AvgIpc) is 2.61. The molecule has 0 saturated carbocycles. The van der Waals surface area contributed by atoms with Crippen molar-refractivity contribution >= 4 is 9.84 Å². The van der Waals surface area contributed by atoms with Crippen molar-refractivity contribution in [3.63, 3.8) is 0 Å². The Hall–Kier alpha value is -0.130. The van der Waals surface area contributed by atoms with Crippen molar-refractivity contribution in [1.82, 2.24) is 10.2 Å². The number of hydrogen-bond acceptors (Lipinski definition) is 4. The Bertz CT molecular complexity index is 435. The first-order valence-corrected chi connectivity index (χ1v) is 9.08. The maximum absolute atomic E-state index is 12.9. The topological polar surface area (TPSA) is 49.4 Å². The second-order valence-electron chi connectivity index (χ2n) is 6.36. The molecule has 2 saturated heterocycles. The quantitative estimate of drug-likeness (QED) is 0.857. The van der Waals surface area contributed by atoms with Gasteiger partial charge in [-0.2, -0.15) is 0 Å². The molecule has 2 fully saturated rings. The fourth-order valence-electron chi connectivity index (χ4n) is 4.13. The maximum atomic E-state index is 12.9. The summed E-state index contributed by atoms with van der Waals surface area (Å²) in [4.78, 5) is 1.31. The van der Waals surface area contributed by atoms with Gasteiger partial charge in [-0.3, -0.25) is 10.2 Å². The second-order valence-corrected chi connectivity index (χ2v) is 9.01. The smallest absolute Gasteiger partial charge is 0.185 e. The van der Waals surface area contributed by atoms with Gasteiger partial charge in [-0.25, -0.2) is 8.42 Å². The van der Waals surface area contributed by atoms with Gasteiger partial charge in [-0.05, 0) is 39.7 Å². The summed E-state index contributed by atoms with van der Waals surface area (Å²) in [6.45, 7) is 8.73.